The van der Waals surface area contributed by atoms with Crippen molar-refractivity contribution in [1.29, 1.82) is 0 Å². The van der Waals surface area contributed by atoms with Gasteiger partial charge >= 0.3 is 6.03 Å². The van der Waals surface area contributed by atoms with Crippen molar-refractivity contribution in [1.82, 2.24) is 19.8 Å². The van der Waals surface area contributed by atoms with Gasteiger partial charge in [0.15, 0.2) is 0 Å². The summed E-state index contributed by atoms with van der Waals surface area (Å²) in [6, 6.07) is 10.9. The van der Waals surface area contributed by atoms with Crippen LogP contribution in [0, 0.1) is 6.92 Å². The van der Waals surface area contributed by atoms with E-state index in [0.717, 1.165) is 21.3 Å². The lowest BCUT2D eigenvalue weighted by molar-refractivity contribution is 0.0769. The number of fused-ring (bicyclic) bond motifs is 2. The maximum absolute atomic E-state index is 12.8. The van der Waals surface area contributed by atoms with Crippen LogP contribution < -0.4 is 10.1 Å². The zero-order valence-electron chi connectivity index (χ0n) is 17.7. The van der Waals surface area contributed by atoms with Crippen molar-refractivity contribution >= 4 is 44.4 Å². The summed E-state index contributed by atoms with van der Waals surface area (Å²) in [6.45, 7) is 2.80. The first-order chi connectivity index (χ1) is 15.4. The van der Waals surface area contributed by atoms with Crippen LogP contribution in [0.4, 0.5) is 4.79 Å². The second-order valence-corrected chi connectivity index (χ2v) is 8.88. The standard InChI is InChI=1S/C23H22N4O4S/c1-13-9-14-10-16(3-4-18(14)27(13)23(30)24-2)31-19-5-7-25-17-11-20(32-21(17)19)22(29)26-8-6-15(28)12-26/h3-5,7,9-11,15,28H,6,8,12H2,1-2H3,(H,24,30)/t15-/m0/s1. The molecule has 1 saturated heterocycles. The minimum atomic E-state index is -0.456. The Labute approximate surface area is 188 Å². The fraction of sp³-hybridized carbons (Fsp3) is 0.261. The van der Waals surface area contributed by atoms with Crippen LogP contribution in [0.2, 0.25) is 0 Å². The van der Waals surface area contributed by atoms with Gasteiger partial charge in [-0.05, 0) is 43.7 Å². The summed E-state index contributed by atoms with van der Waals surface area (Å²) in [6.07, 6.45) is 1.80. The molecule has 1 aliphatic rings. The van der Waals surface area contributed by atoms with Gasteiger partial charge < -0.3 is 20.1 Å². The molecule has 0 aliphatic carbocycles. The third-order valence-electron chi connectivity index (χ3n) is 5.64. The van der Waals surface area contributed by atoms with Crippen LogP contribution in [0.15, 0.2) is 42.6 Å². The first-order valence-electron chi connectivity index (χ1n) is 10.3. The van der Waals surface area contributed by atoms with Crippen LogP contribution >= 0.6 is 11.3 Å². The zero-order chi connectivity index (χ0) is 22.4. The maximum Gasteiger partial charge on any atom is 0.325 e. The molecule has 5 rings (SSSR count). The Morgan fingerprint density at radius 1 is 1.25 bits per heavy atom. The van der Waals surface area contributed by atoms with Crippen LogP contribution in [0.3, 0.4) is 0 Å². The third-order valence-corrected chi connectivity index (χ3v) is 6.77. The molecule has 0 unspecified atom stereocenters. The highest BCUT2D eigenvalue weighted by molar-refractivity contribution is 7.21. The molecule has 0 spiro atoms. The number of likely N-dealkylation sites (tertiary alicyclic amines) is 1. The smallest absolute Gasteiger partial charge is 0.325 e. The summed E-state index contributed by atoms with van der Waals surface area (Å²) in [5, 5.41) is 13.3. The quantitative estimate of drug-likeness (QED) is 0.496. The van der Waals surface area contributed by atoms with Crippen molar-refractivity contribution in [2.24, 2.45) is 0 Å². The number of ether oxygens (including phenoxy) is 1. The number of hydrogen-bond acceptors (Lipinski definition) is 6. The largest absolute Gasteiger partial charge is 0.456 e. The van der Waals surface area contributed by atoms with Crippen LogP contribution in [0.25, 0.3) is 21.1 Å². The molecule has 4 heterocycles. The highest BCUT2D eigenvalue weighted by Crippen LogP contribution is 2.36. The van der Waals surface area contributed by atoms with Gasteiger partial charge in [-0.25, -0.2) is 4.79 Å². The van der Waals surface area contributed by atoms with Crippen molar-refractivity contribution in [2.75, 3.05) is 20.1 Å². The number of aromatic nitrogens is 2. The predicted octanol–water partition coefficient (Wildman–Crippen LogP) is 3.75. The molecule has 164 valence electrons. The molecule has 2 N–H and O–H groups in total. The second kappa shape index (κ2) is 7.92. The summed E-state index contributed by atoms with van der Waals surface area (Å²) < 4.78 is 8.58. The van der Waals surface area contributed by atoms with E-state index in [1.165, 1.54) is 11.3 Å². The number of rotatable bonds is 3. The molecule has 1 fully saturated rings. The number of aliphatic hydroxyl groups is 1. The second-order valence-electron chi connectivity index (χ2n) is 7.83. The summed E-state index contributed by atoms with van der Waals surface area (Å²) in [4.78, 5) is 31.6. The lowest BCUT2D eigenvalue weighted by atomic mass is 10.2. The van der Waals surface area contributed by atoms with Crippen molar-refractivity contribution in [3.05, 3.63) is 53.2 Å². The molecule has 1 aliphatic heterocycles. The van der Waals surface area contributed by atoms with Crippen molar-refractivity contribution in [3.8, 4) is 11.5 Å². The molecule has 1 atom stereocenters. The van der Waals surface area contributed by atoms with E-state index < -0.39 is 6.10 Å². The maximum atomic E-state index is 12.8. The molecule has 4 aromatic rings. The third kappa shape index (κ3) is 3.49. The number of pyridine rings is 1. The molecule has 9 heteroatoms. The molecule has 32 heavy (non-hydrogen) atoms. The van der Waals surface area contributed by atoms with Crippen molar-refractivity contribution in [3.63, 3.8) is 0 Å². The summed E-state index contributed by atoms with van der Waals surface area (Å²) >= 11 is 1.34. The summed E-state index contributed by atoms with van der Waals surface area (Å²) in [7, 11) is 1.60. The molecular formula is C23H22N4O4S. The van der Waals surface area contributed by atoms with Crippen LogP contribution in [-0.2, 0) is 0 Å². The van der Waals surface area contributed by atoms with Gasteiger partial charge in [-0.2, -0.15) is 0 Å². The van der Waals surface area contributed by atoms with Gasteiger partial charge in [0.25, 0.3) is 5.91 Å². The number of nitrogens with zero attached hydrogens (tertiary/aromatic N) is 3. The number of carbonyl (C=O) groups excluding carboxylic acids is 2. The molecule has 3 aromatic heterocycles. The van der Waals surface area contributed by atoms with E-state index in [-0.39, 0.29) is 11.9 Å². The number of amides is 2. The highest BCUT2D eigenvalue weighted by Gasteiger charge is 2.27. The Morgan fingerprint density at radius 2 is 2.09 bits per heavy atom. The molecule has 8 nitrogen and oxygen atoms in total. The minimum Gasteiger partial charge on any atom is -0.456 e. The first-order valence-corrected chi connectivity index (χ1v) is 11.1. The van der Waals surface area contributed by atoms with E-state index in [9.17, 15) is 14.7 Å². The Kier molecular flexibility index (Phi) is 5.07. The topological polar surface area (TPSA) is 96.7 Å². The first kappa shape index (κ1) is 20.5. The lowest BCUT2D eigenvalue weighted by Crippen LogP contribution is -2.28. The van der Waals surface area contributed by atoms with Gasteiger partial charge in [0.1, 0.15) is 11.5 Å². The summed E-state index contributed by atoms with van der Waals surface area (Å²) in [5.74, 6) is 1.15. The van der Waals surface area contributed by atoms with Crippen LogP contribution in [0.1, 0.15) is 21.8 Å². The molecule has 2 amide bonds. The van der Waals surface area contributed by atoms with Gasteiger partial charge in [-0.1, -0.05) is 0 Å². The van der Waals surface area contributed by atoms with E-state index in [1.807, 2.05) is 31.2 Å². The van der Waals surface area contributed by atoms with Crippen molar-refractivity contribution < 1.29 is 19.4 Å². The van der Waals surface area contributed by atoms with E-state index in [2.05, 4.69) is 10.3 Å². The van der Waals surface area contributed by atoms with Gasteiger partial charge in [-0.3, -0.25) is 14.3 Å². The number of β-amino-alcohol motifs (C(OH)–C–C–N with tert-alkyl or cyclic N) is 1. The van der Waals surface area contributed by atoms with E-state index in [1.54, 1.807) is 34.8 Å². The normalized spacial score (nSPS) is 16.1. The average Bonchev–Trinajstić information content (AvgIpc) is 3.49. The SMILES string of the molecule is CNC(=O)n1c(C)cc2cc(Oc3ccnc4cc(C(=O)N5CC[C@H](O)C5)sc34)ccc21. The monoisotopic (exact) mass is 450 g/mol. The minimum absolute atomic E-state index is 0.0945. The number of nitrogens with one attached hydrogen (secondary N) is 1. The van der Waals surface area contributed by atoms with Gasteiger partial charge in [-0.15, -0.1) is 11.3 Å². The highest BCUT2D eigenvalue weighted by atomic mass is 32.1. The molecular weight excluding hydrogens is 428 g/mol. The van der Waals surface area contributed by atoms with E-state index >= 15 is 0 Å². The number of benzene rings is 1. The number of hydrogen-bond donors (Lipinski definition) is 2. The Hall–Kier alpha value is -3.43. The predicted molar refractivity (Wildman–Crippen MR) is 123 cm³/mol. The number of aliphatic hydroxyl groups excluding tert-OH is 1. The lowest BCUT2D eigenvalue weighted by Gasteiger charge is -2.13. The Morgan fingerprint density at radius 3 is 2.84 bits per heavy atom. The Balaban J connectivity index is 1.46. The van der Waals surface area contributed by atoms with Crippen LogP contribution in [-0.4, -0.2) is 57.7 Å². The van der Waals surface area contributed by atoms with E-state index in [4.69, 9.17) is 4.74 Å². The van der Waals surface area contributed by atoms with E-state index in [0.29, 0.717) is 41.4 Å². The molecule has 0 radical (unpaired) electrons. The fourth-order valence-corrected chi connectivity index (χ4v) is 5.12. The molecule has 0 bridgehead atoms. The zero-order valence-corrected chi connectivity index (χ0v) is 18.5. The number of aryl methyl sites for hydroxylation is 1. The number of carbonyl (C=O) groups is 2. The van der Waals surface area contributed by atoms with Gasteiger partial charge in [0, 0.05) is 43.5 Å². The van der Waals surface area contributed by atoms with Gasteiger partial charge in [0.05, 0.1) is 26.7 Å². The number of thiophene rings is 1. The van der Waals surface area contributed by atoms with Gasteiger partial charge in [0.2, 0.25) is 0 Å². The average molecular weight is 451 g/mol. The molecule has 1 aromatic carbocycles. The Bertz CT molecular complexity index is 1360. The summed E-state index contributed by atoms with van der Waals surface area (Å²) in [5.41, 5.74) is 2.32. The molecule has 0 saturated carbocycles. The fourth-order valence-electron chi connectivity index (χ4n) is 4.09. The van der Waals surface area contributed by atoms with Crippen molar-refractivity contribution in [2.45, 2.75) is 19.4 Å². The van der Waals surface area contributed by atoms with Crippen LogP contribution in [0.5, 0.6) is 11.5 Å².